The van der Waals surface area contributed by atoms with Gasteiger partial charge in [-0.15, -0.1) is 0 Å². The van der Waals surface area contributed by atoms with E-state index in [0.29, 0.717) is 34.7 Å². The number of halogens is 1. The smallest absolute Gasteiger partial charge is 0.261 e. The van der Waals surface area contributed by atoms with E-state index in [4.69, 9.17) is 16.3 Å². The minimum atomic E-state index is -0.532. The number of benzene rings is 2. The van der Waals surface area contributed by atoms with Crippen molar-refractivity contribution in [2.24, 2.45) is 0 Å². The molecule has 9 heteroatoms. The first-order chi connectivity index (χ1) is 14.4. The number of para-hydroxylation sites is 1. The van der Waals surface area contributed by atoms with Crippen LogP contribution in [-0.4, -0.2) is 28.0 Å². The molecule has 0 fully saturated rings. The number of rotatable bonds is 7. The third-order valence-electron chi connectivity index (χ3n) is 4.33. The molecule has 0 unspecified atom stereocenters. The number of ether oxygens (including phenoxy) is 1. The SMILES string of the molecule is Cc1cc(Cl)ccc1OCCCC(=O)NNC(=O)Cn1cnc2ccccc2c1=O. The highest BCUT2D eigenvalue weighted by atomic mass is 35.5. The number of hydrazine groups is 1. The van der Waals surface area contributed by atoms with Crippen LogP contribution < -0.4 is 21.1 Å². The number of nitrogens with zero attached hydrogens (tertiary/aromatic N) is 2. The molecule has 0 saturated carbocycles. The molecule has 3 rings (SSSR count). The maximum Gasteiger partial charge on any atom is 0.261 e. The van der Waals surface area contributed by atoms with E-state index in [1.807, 2.05) is 6.92 Å². The molecule has 0 saturated heterocycles. The molecule has 0 bridgehead atoms. The summed E-state index contributed by atoms with van der Waals surface area (Å²) in [7, 11) is 0. The molecule has 0 radical (unpaired) electrons. The number of fused-ring (bicyclic) bond motifs is 1. The van der Waals surface area contributed by atoms with Crippen molar-refractivity contribution in [1.82, 2.24) is 20.4 Å². The second kappa shape index (κ2) is 9.89. The summed E-state index contributed by atoms with van der Waals surface area (Å²) in [5.41, 5.74) is 5.78. The Labute approximate surface area is 177 Å². The topological polar surface area (TPSA) is 102 Å². The highest BCUT2D eigenvalue weighted by molar-refractivity contribution is 6.30. The Morgan fingerprint density at radius 2 is 1.90 bits per heavy atom. The van der Waals surface area contributed by atoms with Crippen molar-refractivity contribution < 1.29 is 14.3 Å². The summed E-state index contributed by atoms with van der Waals surface area (Å²) in [4.78, 5) is 40.4. The Hall–Kier alpha value is -3.39. The predicted octanol–water partition coefficient (Wildman–Crippen LogP) is 2.36. The monoisotopic (exact) mass is 428 g/mol. The molecule has 156 valence electrons. The second-order valence-corrected chi connectivity index (χ2v) is 7.09. The molecular formula is C21H21ClN4O4. The summed E-state index contributed by atoms with van der Waals surface area (Å²) >= 11 is 5.90. The highest BCUT2D eigenvalue weighted by Crippen LogP contribution is 2.21. The van der Waals surface area contributed by atoms with Gasteiger partial charge in [-0.1, -0.05) is 23.7 Å². The molecule has 0 aliphatic carbocycles. The number of carbonyl (C=O) groups excluding carboxylic acids is 2. The summed E-state index contributed by atoms with van der Waals surface area (Å²) in [6.45, 7) is 1.98. The largest absolute Gasteiger partial charge is 0.493 e. The van der Waals surface area contributed by atoms with Crippen molar-refractivity contribution in [3.63, 3.8) is 0 Å². The van der Waals surface area contributed by atoms with Crippen LogP contribution in [0.1, 0.15) is 18.4 Å². The van der Waals surface area contributed by atoms with Gasteiger partial charge < -0.3 is 4.74 Å². The van der Waals surface area contributed by atoms with Crippen LogP contribution in [0.2, 0.25) is 5.02 Å². The fourth-order valence-corrected chi connectivity index (χ4v) is 3.03. The molecule has 1 heterocycles. The van der Waals surface area contributed by atoms with Gasteiger partial charge in [0, 0.05) is 11.4 Å². The predicted molar refractivity (Wildman–Crippen MR) is 113 cm³/mol. The van der Waals surface area contributed by atoms with Crippen LogP contribution in [0.5, 0.6) is 5.75 Å². The Kier molecular flexibility index (Phi) is 7.03. The lowest BCUT2D eigenvalue weighted by molar-refractivity contribution is -0.129. The van der Waals surface area contributed by atoms with Gasteiger partial charge in [0.2, 0.25) is 5.91 Å². The van der Waals surface area contributed by atoms with Crippen LogP contribution in [0, 0.1) is 6.92 Å². The van der Waals surface area contributed by atoms with Crippen molar-refractivity contribution in [2.45, 2.75) is 26.3 Å². The summed E-state index contributed by atoms with van der Waals surface area (Å²) in [6.07, 6.45) is 1.95. The first kappa shape index (κ1) is 21.3. The van der Waals surface area contributed by atoms with Gasteiger partial charge in [-0.25, -0.2) is 4.98 Å². The van der Waals surface area contributed by atoms with Crippen molar-refractivity contribution in [1.29, 1.82) is 0 Å². The van der Waals surface area contributed by atoms with E-state index < -0.39 is 5.91 Å². The normalized spacial score (nSPS) is 10.6. The van der Waals surface area contributed by atoms with E-state index in [0.717, 1.165) is 5.56 Å². The molecular weight excluding hydrogens is 408 g/mol. The number of hydrogen-bond donors (Lipinski definition) is 2. The third kappa shape index (κ3) is 5.57. The number of aromatic nitrogens is 2. The van der Waals surface area contributed by atoms with E-state index in [9.17, 15) is 14.4 Å². The standard InChI is InChI=1S/C21H21ClN4O4/c1-14-11-15(22)8-9-18(14)30-10-4-7-19(27)24-25-20(28)12-26-13-23-17-6-3-2-5-16(17)21(26)29/h2-3,5-6,8-9,11,13H,4,7,10,12H2,1H3,(H,24,27)(H,25,28). The highest BCUT2D eigenvalue weighted by Gasteiger charge is 2.09. The van der Waals surface area contributed by atoms with E-state index in [1.165, 1.54) is 10.9 Å². The van der Waals surface area contributed by atoms with Gasteiger partial charge in [-0.2, -0.15) is 0 Å². The van der Waals surface area contributed by atoms with Gasteiger partial charge >= 0.3 is 0 Å². The summed E-state index contributed by atoms with van der Waals surface area (Å²) in [6, 6.07) is 12.2. The lowest BCUT2D eigenvalue weighted by Gasteiger charge is -2.10. The van der Waals surface area contributed by atoms with Crippen molar-refractivity contribution in [2.75, 3.05) is 6.61 Å². The van der Waals surface area contributed by atoms with Gasteiger partial charge in [-0.3, -0.25) is 29.8 Å². The van der Waals surface area contributed by atoms with E-state index >= 15 is 0 Å². The van der Waals surface area contributed by atoms with Crippen LogP contribution >= 0.6 is 11.6 Å². The molecule has 2 amide bonds. The van der Waals surface area contributed by atoms with Crippen LogP contribution in [0.4, 0.5) is 0 Å². The van der Waals surface area contributed by atoms with E-state index in [2.05, 4.69) is 15.8 Å². The Morgan fingerprint density at radius 3 is 2.70 bits per heavy atom. The van der Waals surface area contributed by atoms with Gasteiger partial charge in [0.05, 0.1) is 23.8 Å². The molecule has 30 heavy (non-hydrogen) atoms. The quantitative estimate of drug-likeness (QED) is 0.444. The van der Waals surface area contributed by atoms with Crippen LogP contribution in [0.3, 0.4) is 0 Å². The van der Waals surface area contributed by atoms with Crippen LogP contribution in [0.25, 0.3) is 10.9 Å². The number of aryl methyl sites for hydroxylation is 1. The molecule has 3 aromatic rings. The maximum atomic E-state index is 12.4. The number of nitrogens with one attached hydrogen (secondary N) is 2. The van der Waals surface area contributed by atoms with Crippen molar-refractivity contribution in [3.8, 4) is 5.75 Å². The second-order valence-electron chi connectivity index (χ2n) is 6.65. The molecule has 0 spiro atoms. The molecule has 1 aromatic heterocycles. The fraction of sp³-hybridized carbons (Fsp3) is 0.238. The van der Waals surface area contributed by atoms with Crippen molar-refractivity contribution in [3.05, 3.63) is 69.7 Å². The number of amides is 2. The first-order valence-electron chi connectivity index (χ1n) is 9.35. The van der Waals surface area contributed by atoms with Gasteiger partial charge in [-0.05, 0) is 49.2 Å². The van der Waals surface area contributed by atoms with E-state index in [-0.39, 0.29) is 24.4 Å². The van der Waals surface area contributed by atoms with E-state index in [1.54, 1.807) is 42.5 Å². The average Bonchev–Trinajstić information content (AvgIpc) is 2.73. The minimum Gasteiger partial charge on any atom is -0.493 e. The number of carbonyl (C=O) groups is 2. The van der Waals surface area contributed by atoms with Crippen LogP contribution in [0.15, 0.2) is 53.6 Å². The molecule has 2 N–H and O–H groups in total. The van der Waals surface area contributed by atoms with Gasteiger partial charge in [0.25, 0.3) is 11.5 Å². The van der Waals surface area contributed by atoms with Gasteiger partial charge in [0.15, 0.2) is 0 Å². The zero-order chi connectivity index (χ0) is 21.5. The maximum absolute atomic E-state index is 12.4. The third-order valence-corrected chi connectivity index (χ3v) is 4.56. The summed E-state index contributed by atoms with van der Waals surface area (Å²) in [5.74, 6) is -0.179. The molecule has 2 aromatic carbocycles. The average molecular weight is 429 g/mol. The summed E-state index contributed by atoms with van der Waals surface area (Å²) in [5, 5.41) is 1.06. The summed E-state index contributed by atoms with van der Waals surface area (Å²) < 4.78 is 6.81. The Balaban J connectivity index is 1.41. The fourth-order valence-electron chi connectivity index (χ4n) is 2.80. The minimum absolute atomic E-state index is 0.171. The van der Waals surface area contributed by atoms with Crippen LogP contribution in [-0.2, 0) is 16.1 Å². The lowest BCUT2D eigenvalue weighted by atomic mass is 10.2. The molecule has 0 aliphatic heterocycles. The Morgan fingerprint density at radius 1 is 1.13 bits per heavy atom. The van der Waals surface area contributed by atoms with Gasteiger partial charge in [0.1, 0.15) is 12.3 Å². The molecule has 0 aliphatic rings. The van der Waals surface area contributed by atoms with Crippen molar-refractivity contribution >= 4 is 34.3 Å². The lowest BCUT2D eigenvalue weighted by Crippen LogP contribution is -2.44. The number of hydrogen-bond acceptors (Lipinski definition) is 5. The first-order valence-corrected chi connectivity index (χ1v) is 9.72. The molecule has 8 nitrogen and oxygen atoms in total. The zero-order valence-electron chi connectivity index (χ0n) is 16.4. The Bertz CT molecular complexity index is 1130. The molecule has 0 atom stereocenters. The zero-order valence-corrected chi connectivity index (χ0v) is 17.1.